The Morgan fingerprint density at radius 2 is 1.81 bits per heavy atom. The summed E-state index contributed by atoms with van der Waals surface area (Å²) in [6.45, 7) is 4.87. The molecule has 0 unspecified atom stereocenters. The first-order valence-corrected chi connectivity index (χ1v) is 10.2. The van der Waals surface area contributed by atoms with Crippen LogP contribution < -0.4 is 10.1 Å². The second-order valence-corrected chi connectivity index (χ2v) is 7.65. The number of carbonyl (C=O) groups is 1. The fourth-order valence-corrected chi connectivity index (χ4v) is 3.84. The zero-order valence-corrected chi connectivity index (χ0v) is 18.1. The van der Waals surface area contributed by atoms with Crippen molar-refractivity contribution >= 4 is 28.2 Å². The molecule has 1 aromatic heterocycles. The van der Waals surface area contributed by atoms with Gasteiger partial charge in [0.1, 0.15) is 5.75 Å². The summed E-state index contributed by atoms with van der Waals surface area (Å²) < 4.78 is 7.36. The van der Waals surface area contributed by atoms with Crippen LogP contribution >= 0.6 is 0 Å². The lowest BCUT2D eigenvalue weighted by atomic mass is 10.1. The number of nitrogens with one attached hydrogen (secondary N) is 1. The smallest absolute Gasteiger partial charge is 0.275 e. The highest BCUT2D eigenvalue weighted by molar-refractivity contribution is 6.07. The van der Waals surface area contributed by atoms with Crippen LogP contribution in [0, 0.1) is 24.0 Å². The molecular weight excluding hydrogens is 406 g/mol. The molecule has 0 atom stereocenters. The molecule has 0 fully saturated rings. The number of benzene rings is 3. The molecule has 1 N–H and O–H groups in total. The maximum absolute atomic E-state index is 12.9. The molecule has 0 radical (unpaired) electrons. The molecule has 162 valence electrons. The summed E-state index contributed by atoms with van der Waals surface area (Å²) in [4.78, 5) is 23.5. The molecule has 0 bridgehead atoms. The fraction of sp³-hybridized carbons (Fsp3) is 0.160. The Bertz CT molecular complexity index is 1330. The van der Waals surface area contributed by atoms with Gasteiger partial charge in [-0.05, 0) is 43.2 Å². The lowest BCUT2D eigenvalue weighted by Crippen LogP contribution is -2.12. The quantitative estimate of drug-likeness (QED) is 0.325. The summed E-state index contributed by atoms with van der Waals surface area (Å²) in [6.07, 6.45) is 0. The highest BCUT2D eigenvalue weighted by atomic mass is 16.6. The number of non-ortho nitro benzene ring substituents is 1. The number of aryl methyl sites for hydroxylation is 1. The number of fused-ring (bicyclic) bond motifs is 1. The van der Waals surface area contributed by atoms with E-state index in [0.29, 0.717) is 17.0 Å². The monoisotopic (exact) mass is 429 g/mol. The normalized spacial score (nSPS) is 10.8. The van der Waals surface area contributed by atoms with Crippen LogP contribution in [0.15, 0.2) is 66.7 Å². The largest absolute Gasteiger partial charge is 0.496 e. The molecule has 4 rings (SSSR count). The van der Waals surface area contributed by atoms with E-state index < -0.39 is 4.92 Å². The van der Waals surface area contributed by atoms with Gasteiger partial charge in [0.25, 0.3) is 11.6 Å². The second kappa shape index (κ2) is 8.55. The molecule has 0 saturated carbocycles. The third kappa shape index (κ3) is 4.05. The van der Waals surface area contributed by atoms with Gasteiger partial charge in [0, 0.05) is 40.8 Å². The molecule has 0 saturated heterocycles. The van der Waals surface area contributed by atoms with E-state index in [0.717, 1.165) is 28.7 Å². The molecule has 0 aliphatic carbocycles. The maximum atomic E-state index is 12.9. The van der Waals surface area contributed by atoms with Crippen LogP contribution in [-0.2, 0) is 6.54 Å². The van der Waals surface area contributed by atoms with E-state index >= 15 is 0 Å². The number of ether oxygens (including phenoxy) is 1. The van der Waals surface area contributed by atoms with E-state index in [4.69, 9.17) is 4.74 Å². The summed E-state index contributed by atoms with van der Waals surface area (Å²) >= 11 is 0. The van der Waals surface area contributed by atoms with Gasteiger partial charge in [-0.1, -0.05) is 30.3 Å². The number of nitro groups is 1. The predicted octanol–water partition coefficient (Wildman–Crippen LogP) is 5.48. The topological polar surface area (TPSA) is 86.4 Å². The van der Waals surface area contributed by atoms with Gasteiger partial charge < -0.3 is 14.6 Å². The number of carbonyl (C=O) groups excluding carboxylic acids is 1. The average molecular weight is 429 g/mol. The third-order valence-corrected chi connectivity index (χ3v) is 5.68. The number of hydrogen-bond acceptors (Lipinski definition) is 4. The van der Waals surface area contributed by atoms with Gasteiger partial charge in [0.2, 0.25) is 0 Å². The Balaban J connectivity index is 1.66. The molecular formula is C25H23N3O4. The van der Waals surface area contributed by atoms with Crippen molar-refractivity contribution in [3.05, 3.63) is 99.2 Å². The zero-order valence-electron chi connectivity index (χ0n) is 18.1. The fourth-order valence-electron chi connectivity index (χ4n) is 3.84. The molecule has 32 heavy (non-hydrogen) atoms. The third-order valence-electron chi connectivity index (χ3n) is 5.68. The highest BCUT2D eigenvalue weighted by Crippen LogP contribution is 2.29. The van der Waals surface area contributed by atoms with Gasteiger partial charge in [-0.2, -0.15) is 0 Å². The van der Waals surface area contributed by atoms with Crippen molar-refractivity contribution in [1.29, 1.82) is 0 Å². The predicted molar refractivity (Wildman–Crippen MR) is 125 cm³/mol. The van der Waals surface area contributed by atoms with E-state index in [9.17, 15) is 14.9 Å². The minimum Gasteiger partial charge on any atom is -0.496 e. The molecule has 0 aliphatic heterocycles. The number of methoxy groups -OCH3 is 1. The van der Waals surface area contributed by atoms with Crippen molar-refractivity contribution in [3.63, 3.8) is 0 Å². The van der Waals surface area contributed by atoms with E-state index in [1.54, 1.807) is 12.1 Å². The standard InChI is InChI=1S/C25H23N3O4/c1-16-17(2)27(15-18-7-5-4-6-8-18)24-10-9-19(11-23(16)24)25(29)26-20-12-21(28(30)31)14-22(13-20)32-3/h4-14H,15H2,1-3H3,(H,26,29). The first-order chi connectivity index (χ1) is 15.4. The van der Waals surface area contributed by atoms with Crippen LogP contribution in [0.1, 0.15) is 27.2 Å². The Labute approximate surface area is 185 Å². The minimum absolute atomic E-state index is 0.153. The Morgan fingerprint density at radius 1 is 1.06 bits per heavy atom. The van der Waals surface area contributed by atoms with Crippen molar-refractivity contribution in [1.82, 2.24) is 4.57 Å². The van der Waals surface area contributed by atoms with Crippen molar-refractivity contribution < 1.29 is 14.5 Å². The molecule has 7 nitrogen and oxygen atoms in total. The number of nitrogens with zero attached hydrogens (tertiary/aromatic N) is 2. The van der Waals surface area contributed by atoms with E-state index in [2.05, 4.69) is 28.9 Å². The first-order valence-electron chi connectivity index (χ1n) is 10.2. The molecule has 7 heteroatoms. The maximum Gasteiger partial charge on any atom is 0.275 e. The highest BCUT2D eigenvalue weighted by Gasteiger charge is 2.16. The summed E-state index contributed by atoms with van der Waals surface area (Å²) in [5.74, 6) is -0.0447. The zero-order chi connectivity index (χ0) is 22.8. The molecule has 1 amide bonds. The van der Waals surface area contributed by atoms with E-state index in [1.165, 1.54) is 24.8 Å². The van der Waals surface area contributed by atoms with Crippen molar-refractivity contribution in [2.75, 3.05) is 12.4 Å². The molecule has 3 aromatic carbocycles. The van der Waals surface area contributed by atoms with Crippen LogP contribution in [0.5, 0.6) is 5.75 Å². The number of nitro benzene ring substituents is 1. The lowest BCUT2D eigenvalue weighted by Gasteiger charge is -2.10. The van der Waals surface area contributed by atoms with Gasteiger partial charge in [-0.3, -0.25) is 14.9 Å². The van der Waals surface area contributed by atoms with Crippen LogP contribution in [0.2, 0.25) is 0 Å². The number of anilines is 1. The summed E-state index contributed by atoms with van der Waals surface area (Å²) in [7, 11) is 1.42. The summed E-state index contributed by atoms with van der Waals surface area (Å²) in [6, 6.07) is 20.0. The Morgan fingerprint density at radius 3 is 2.50 bits per heavy atom. The second-order valence-electron chi connectivity index (χ2n) is 7.65. The number of hydrogen-bond donors (Lipinski definition) is 1. The Hall–Kier alpha value is -4.13. The van der Waals surface area contributed by atoms with Crippen molar-refractivity contribution in [2.45, 2.75) is 20.4 Å². The van der Waals surface area contributed by atoms with Gasteiger partial charge in [-0.15, -0.1) is 0 Å². The molecule has 0 aliphatic rings. The first kappa shape index (κ1) is 21.1. The van der Waals surface area contributed by atoms with Crippen molar-refractivity contribution in [2.24, 2.45) is 0 Å². The van der Waals surface area contributed by atoms with E-state index in [-0.39, 0.29) is 11.6 Å². The SMILES string of the molecule is COc1cc(NC(=O)c2ccc3c(c2)c(C)c(C)n3Cc2ccccc2)cc([N+](=O)[O-])c1. The summed E-state index contributed by atoms with van der Waals surface area (Å²) in [5.41, 5.74) is 5.14. The van der Waals surface area contributed by atoms with Crippen LogP contribution in [0.3, 0.4) is 0 Å². The lowest BCUT2D eigenvalue weighted by molar-refractivity contribution is -0.384. The summed E-state index contributed by atoms with van der Waals surface area (Å²) in [5, 5.41) is 14.9. The van der Waals surface area contributed by atoms with Gasteiger partial charge in [0.05, 0.1) is 23.8 Å². The Kier molecular flexibility index (Phi) is 5.64. The molecule has 1 heterocycles. The molecule has 0 spiro atoms. The number of amides is 1. The van der Waals surface area contributed by atoms with Crippen LogP contribution in [0.25, 0.3) is 10.9 Å². The number of aromatic nitrogens is 1. The number of rotatable bonds is 6. The van der Waals surface area contributed by atoms with E-state index in [1.807, 2.05) is 37.3 Å². The molecule has 4 aromatic rings. The average Bonchev–Trinajstić information content (AvgIpc) is 3.03. The van der Waals surface area contributed by atoms with Crippen LogP contribution in [0.4, 0.5) is 11.4 Å². The van der Waals surface area contributed by atoms with Gasteiger partial charge in [0.15, 0.2) is 0 Å². The van der Waals surface area contributed by atoms with Gasteiger partial charge in [-0.25, -0.2) is 0 Å². The van der Waals surface area contributed by atoms with Crippen molar-refractivity contribution in [3.8, 4) is 5.75 Å². The minimum atomic E-state index is -0.522. The van der Waals surface area contributed by atoms with Gasteiger partial charge >= 0.3 is 0 Å². The van der Waals surface area contributed by atoms with Crippen LogP contribution in [-0.4, -0.2) is 22.5 Å².